The van der Waals surface area contributed by atoms with Crippen LogP contribution in [0.15, 0.2) is 42.5 Å². The van der Waals surface area contributed by atoms with Gasteiger partial charge in [-0.25, -0.2) is 0 Å². The van der Waals surface area contributed by atoms with Gasteiger partial charge in [-0.3, -0.25) is 9.59 Å². The summed E-state index contributed by atoms with van der Waals surface area (Å²) in [5.74, 6) is -0.536. The minimum absolute atomic E-state index is 0.0226. The fourth-order valence-electron chi connectivity index (χ4n) is 3.13. The van der Waals surface area contributed by atoms with E-state index in [1.807, 2.05) is 12.1 Å². The van der Waals surface area contributed by atoms with Crippen LogP contribution in [0, 0.1) is 22.7 Å². The number of rotatable bonds is 4. The summed E-state index contributed by atoms with van der Waals surface area (Å²) in [7, 11) is 0. The lowest BCUT2D eigenvalue weighted by molar-refractivity contribution is 0.0898. The van der Waals surface area contributed by atoms with Crippen LogP contribution < -0.4 is 0 Å². The first-order chi connectivity index (χ1) is 12.0. The number of hydrogen-bond donors (Lipinski definition) is 1. The largest absolute Gasteiger partial charge is 0.375 e. The molecule has 0 saturated heterocycles. The third kappa shape index (κ3) is 2.82. The fourth-order valence-corrected chi connectivity index (χ4v) is 3.13. The average molecular weight is 330 g/mol. The number of nitriles is 2. The van der Waals surface area contributed by atoms with E-state index in [1.165, 1.54) is 0 Å². The quantitative estimate of drug-likeness (QED) is 0.741. The second kappa shape index (κ2) is 6.32. The van der Waals surface area contributed by atoms with E-state index < -0.39 is 5.60 Å². The molecule has 0 spiro atoms. The molecule has 122 valence electrons. The van der Waals surface area contributed by atoms with Crippen molar-refractivity contribution < 1.29 is 14.7 Å². The standard InChI is InChI=1S/C20H14N2O3/c21-10-4-9-20(25,12-22)11-13-5-3-8-16-17(13)19(24)15-7-2-1-6-14(15)18(16)23/h1-3,5-8,25H,4,9,11H2. The number of nitrogens with zero attached hydrogens (tertiary/aromatic N) is 2. The topological polar surface area (TPSA) is 102 Å². The van der Waals surface area contributed by atoms with Gasteiger partial charge in [0, 0.05) is 41.5 Å². The first kappa shape index (κ1) is 16.6. The van der Waals surface area contributed by atoms with Gasteiger partial charge in [-0.05, 0) is 5.56 Å². The van der Waals surface area contributed by atoms with E-state index >= 15 is 0 Å². The van der Waals surface area contributed by atoms with Crippen molar-refractivity contribution in [3.8, 4) is 12.1 Å². The molecule has 1 unspecified atom stereocenters. The number of carbonyl (C=O) groups is 2. The molecule has 1 N–H and O–H groups in total. The molecule has 2 aromatic carbocycles. The summed E-state index contributed by atoms with van der Waals surface area (Å²) < 4.78 is 0. The zero-order chi connectivity index (χ0) is 18.0. The number of carbonyl (C=O) groups excluding carboxylic acids is 2. The molecule has 0 aromatic heterocycles. The van der Waals surface area contributed by atoms with Crippen molar-refractivity contribution in [3.63, 3.8) is 0 Å². The summed E-state index contributed by atoms with van der Waals surface area (Å²) >= 11 is 0. The first-order valence-electron chi connectivity index (χ1n) is 7.81. The van der Waals surface area contributed by atoms with Crippen molar-refractivity contribution in [1.82, 2.24) is 0 Å². The Bertz CT molecular complexity index is 966. The van der Waals surface area contributed by atoms with Crippen molar-refractivity contribution in [2.45, 2.75) is 24.9 Å². The minimum atomic E-state index is -1.76. The fraction of sp³-hybridized carbons (Fsp3) is 0.200. The lowest BCUT2D eigenvalue weighted by atomic mass is 9.79. The lowest BCUT2D eigenvalue weighted by Crippen LogP contribution is -2.31. The Morgan fingerprint density at radius 1 is 0.920 bits per heavy atom. The Morgan fingerprint density at radius 2 is 1.56 bits per heavy atom. The van der Waals surface area contributed by atoms with Crippen molar-refractivity contribution >= 4 is 11.6 Å². The summed E-state index contributed by atoms with van der Waals surface area (Å²) in [6.07, 6.45) is -0.118. The number of benzene rings is 2. The third-order valence-corrected chi connectivity index (χ3v) is 4.38. The summed E-state index contributed by atoms with van der Waals surface area (Å²) in [4.78, 5) is 25.6. The highest BCUT2D eigenvalue weighted by atomic mass is 16.3. The molecule has 0 amide bonds. The number of aliphatic hydroxyl groups is 1. The van der Waals surface area contributed by atoms with Crippen molar-refractivity contribution in [2.75, 3.05) is 0 Å². The van der Waals surface area contributed by atoms with Crippen LogP contribution in [0.5, 0.6) is 0 Å². The molecule has 5 heteroatoms. The molecule has 1 atom stereocenters. The van der Waals surface area contributed by atoms with Crippen molar-refractivity contribution in [2.24, 2.45) is 0 Å². The molecular weight excluding hydrogens is 316 g/mol. The molecule has 5 nitrogen and oxygen atoms in total. The first-order valence-corrected chi connectivity index (χ1v) is 7.81. The maximum absolute atomic E-state index is 12.9. The third-order valence-electron chi connectivity index (χ3n) is 4.38. The van der Waals surface area contributed by atoms with Gasteiger partial charge >= 0.3 is 0 Å². The van der Waals surface area contributed by atoms with Crippen LogP contribution in [-0.4, -0.2) is 22.3 Å². The van der Waals surface area contributed by atoms with E-state index in [2.05, 4.69) is 0 Å². The predicted molar refractivity (Wildman–Crippen MR) is 88.9 cm³/mol. The summed E-state index contributed by atoms with van der Waals surface area (Å²) in [5.41, 5.74) is -0.126. The Kier molecular flexibility index (Phi) is 4.19. The van der Waals surface area contributed by atoms with Crippen molar-refractivity contribution in [3.05, 3.63) is 70.3 Å². The zero-order valence-corrected chi connectivity index (χ0v) is 13.3. The van der Waals surface area contributed by atoms with Crippen LogP contribution in [0.4, 0.5) is 0 Å². The van der Waals surface area contributed by atoms with Crippen LogP contribution in [0.25, 0.3) is 0 Å². The lowest BCUT2D eigenvalue weighted by Gasteiger charge is -2.24. The molecule has 0 heterocycles. The molecule has 2 aromatic rings. The van der Waals surface area contributed by atoms with E-state index in [4.69, 9.17) is 5.26 Å². The molecule has 1 aliphatic carbocycles. The summed E-state index contributed by atoms with van der Waals surface area (Å²) in [5, 5.41) is 28.4. The van der Waals surface area contributed by atoms with Gasteiger partial charge in [0.1, 0.15) is 0 Å². The Hall–Kier alpha value is -3.28. The van der Waals surface area contributed by atoms with Crippen LogP contribution in [0.2, 0.25) is 0 Å². The Morgan fingerprint density at radius 3 is 2.20 bits per heavy atom. The van der Waals surface area contributed by atoms with E-state index in [0.717, 1.165) is 0 Å². The molecule has 25 heavy (non-hydrogen) atoms. The monoisotopic (exact) mass is 330 g/mol. The van der Waals surface area contributed by atoms with Crippen molar-refractivity contribution in [1.29, 1.82) is 10.5 Å². The molecule has 0 radical (unpaired) electrons. The number of fused-ring (bicyclic) bond motifs is 2. The van der Waals surface area contributed by atoms with Crippen LogP contribution in [0.3, 0.4) is 0 Å². The maximum atomic E-state index is 12.9. The Balaban J connectivity index is 2.09. The molecule has 0 saturated carbocycles. The predicted octanol–water partition coefficient (Wildman–Crippen LogP) is 2.56. The van der Waals surface area contributed by atoms with E-state index in [0.29, 0.717) is 16.7 Å². The van der Waals surface area contributed by atoms with E-state index in [1.54, 1.807) is 42.5 Å². The van der Waals surface area contributed by atoms with Gasteiger partial charge in [0.15, 0.2) is 17.2 Å². The second-order valence-electron chi connectivity index (χ2n) is 6.02. The van der Waals surface area contributed by atoms with Gasteiger partial charge in [-0.1, -0.05) is 42.5 Å². The second-order valence-corrected chi connectivity index (χ2v) is 6.02. The average Bonchev–Trinajstić information content (AvgIpc) is 2.64. The summed E-state index contributed by atoms with van der Waals surface area (Å²) in [6.45, 7) is 0. The van der Waals surface area contributed by atoms with Crippen LogP contribution in [-0.2, 0) is 6.42 Å². The maximum Gasteiger partial charge on any atom is 0.194 e. The van der Waals surface area contributed by atoms with Gasteiger partial charge < -0.3 is 5.11 Å². The SMILES string of the molecule is N#CCCC(O)(C#N)Cc1cccc2c1C(=O)c1ccccc1C2=O. The zero-order valence-electron chi connectivity index (χ0n) is 13.3. The van der Waals surface area contributed by atoms with E-state index in [-0.39, 0.29) is 42.0 Å². The normalized spacial score (nSPS) is 14.7. The molecule has 1 aliphatic rings. The minimum Gasteiger partial charge on any atom is -0.375 e. The smallest absolute Gasteiger partial charge is 0.194 e. The molecule has 0 bridgehead atoms. The highest BCUT2D eigenvalue weighted by Gasteiger charge is 2.34. The van der Waals surface area contributed by atoms with Crippen LogP contribution >= 0.6 is 0 Å². The number of hydrogen-bond acceptors (Lipinski definition) is 5. The van der Waals surface area contributed by atoms with Gasteiger partial charge in [-0.15, -0.1) is 0 Å². The molecule has 0 aliphatic heterocycles. The van der Waals surface area contributed by atoms with Gasteiger partial charge in [-0.2, -0.15) is 10.5 Å². The highest BCUT2D eigenvalue weighted by molar-refractivity contribution is 6.28. The van der Waals surface area contributed by atoms with Crippen LogP contribution in [0.1, 0.15) is 50.2 Å². The van der Waals surface area contributed by atoms with Gasteiger partial charge in [0.25, 0.3) is 0 Å². The summed E-state index contributed by atoms with van der Waals surface area (Å²) in [6, 6.07) is 15.2. The number of ketones is 2. The van der Waals surface area contributed by atoms with Gasteiger partial charge in [0.05, 0.1) is 12.1 Å². The molecular formula is C20H14N2O3. The molecule has 0 fully saturated rings. The Labute approximate surface area is 144 Å². The van der Waals surface area contributed by atoms with Gasteiger partial charge in [0.2, 0.25) is 0 Å². The highest BCUT2D eigenvalue weighted by Crippen LogP contribution is 2.31. The van der Waals surface area contributed by atoms with E-state index in [9.17, 15) is 20.0 Å². The molecule has 3 rings (SSSR count).